The van der Waals surface area contributed by atoms with Gasteiger partial charge in [0.25, 0.3) is 0 Å². The average molecular weight is 339 g/mol. The van der Waals surface area contributed by atoms with Crippen LogP contribution in [0.2, 0.25) is 0 Å². The fraction of sp³-hybridized carbons (Fsp3) is 1.00. The molecule has 5 unspecified atom stereocenters. The Morgan fingerprint density at radius 1 is 1.24 bits per heavy atom. The van der Waals surface area contributed by atoms with Gasteiger partial charge in [-0.3, -0.25) is 0 Å². The monoisotopic (exact) mass is 338 g/mol. The lowest BCUT2D eigenvalue weighted by Crippen LogP contribution is -2.51. The number of hydrogen-bond acceptors (Lipinski definition) is 4. The topological polar surface area (TPSA) is 58.7 Å². The highest BCUT2D eigenvalue weighted by Crippen LogP contribution is 2.36. The summed E-state index contributed by atoms with van der Waals surface area (Å²) in [4.78, 5) is 2.42. The maximum absolute atomic E-state index is 10.3. The highest BCUT2D eigenvalue weighted by atomic mass is 35.5. The first kappa shape index (κ1) is 17.8. The largest absolute Gasteiger partial charge is 0.393 e. The Bertz CT molecular complexity index is 314. The highest BCUT2D eigenvalue weighted by molar-refractivity contribution is 6.30. The van der Waals surface area contributed by atoms with E-state index in [0.29, 0.717) is 12.3 Å². The molecule has 0 aromatic rings. The van der Waals surface area contributed by atoms with E-state index in [2.05, 4.69) is 4.90 Å². The summed E-state index contributed by atoms with van der Waals surface area (Å²) < 4.78 is 5.12. The Hall–Kier alpha value is 0.420. The Morgan fingerprint density at radius 2 is 1.86 bits per heavy atom. The van der Waals surface area contributed by atoms with Crippen molar-refractivity contribution in [1.82, 2.24) is 4.90 Å². The lowest BCUT2D eigenvalue weighted by molar-refractivity contribution is 0.0336. The first-order valence-electron chi connectivity index (χ1n) is 7.96. The summed E-state index contributed by atoms with van der Waals surface area (Å²) in [5.41, 5.74) is 6.46. The average Bonchev–Trinajstić information content (AvgIpc) is 2.48. The molecule has 0 aromatic heterocycles. The van der Waals surface area contributed by atoms with Gasteiger partial charge in [0, 0.05) is 25.6 Å². The fourth-order valence-corrected chi connectivity index (χ4v) is 4.26. The Labute approximate surface area is 137 Å². The van der Waals surface area contributed by atoms with Gasteiger partial charge in [0.2, 0.25) is 0 Å². The molecule has 1 saturated heterocycles. The summed E-state index contributed by atoms with van der Waals surface area (Å²) >= 11 is 12.4. The van der Waals surface area contributed by atoms with Gasteiger partial charge in [-0.25, -0.2) is 0 Å². The van der Waals surface area contributed by atoms with Crippen molar-refractivity contribution in [3.63, 3.8) is 0 Å². The number of ether oxygens (including phenoxy) is 1. The number of methoxy groups -OCH3 is 1. The molecule has 1 heterocycles. The third-order valence-electron chi connectivity index (χ3n) is 5.13. The zero-order valence-corrected chi connectivity index (χ0v) is 14.3. The molecule has 0 bridgehead atoms. The van der Waals surface area contributed by atoms with Gasteiger partial charge >= 0.3 is 0 Å². The van der Waals surface area contributed by atoms with Crippen molar-refractivity contribution in [2.45, 2.75) is 48.6 Å². The van der Waals surface area contributed by atoms with E-state index in [9.17, 15) is 5.11 Å². The molecule has 1 saturated carbocycles. The van der Waals surface area contributed by atoms with Crippen molar-refractivity contribution in [1.29, 1.82) is 0 Å². The number of hydrogen-bond donors (Lipinski definition) is 2. The van der Waals surface area contributed by atoms with Crippen LogP contribution in [-0.2, 0) is 4.74 Å². The number of piperidine rings is 1. The molecule has 2 fully saturated rings. The summed E-state index contributed by atoms with van der Waals surface area (Å²) in [5.74, 6) is 0.553. The maximum atomic E-state index is 10.3. The van der Waals surface area contributed by atoms with Crippen LogP contribution in [0.5, 0.6) is 0 Å². The van der Waals surface area contributed by atoms with Crippen LogP contribution in [0, 0.1) is 11.8 Å². The molecule has 5 atom stereocenters. The van der Waals surface area contributed by atoms with Crippen LogP contribution in [0.4, 0.5) is 0 Å². The van der Waals surface area contributed by atoms with Crippen LogP contribution in [0.3, 0.4) is 0 Å². The summed E-state index contributed by atoms with van der Waals surface area (Å²) in [7, 11) is 1.74. The highest BCUT2D eigenvalue weighted by Gasteiger charge is 2.40. The lowest BCUT2D eigenvalue weighted by atomic mass is 9.74. The first-order chi connectivity index (χ1) is 10.0. The number of halogens is 2. The van der Waals surface area contributed by atoms with Gasteiger partial charge in [0.15, 0.2) is 0 Å². The minimum Gasteiger partial charge on any atom is -0.393 e. The molecule has 6 heteroatoms. The summed E-state index contributed by atoms with van der Waals surface area (Å²) in [6, 6.07) is 0.0231. The summed E-state index contributed by atoms with van der Waals surface area (Å²) in [6.07, 6.45) is 3.04. The molecule has 124 valence electrons. The number of nitrogens with two attached hydrogens (primary N) is 1. The van der Waals surface area contributed by atoms with E-state index in [0.717, 1.165) is 45.5 Å². The third-order valence-corrected chi connectivity index (χ3v) is 6.23. The molecule has 4 nitrogen and oxygen atoms in total. The summed E-state index contributed by atoms with van der Waals surface area (Å²) in [6.45, 7) is 3.89. The second-order valence-electron chi connectivity index (χ2n) is 6.48. The van der Waals surface area contributed by atoms with E-state index in [1.165, 1.54) is 0 Å². The van der Waals surface area contributed by atoms with Crippen LogP contribution in [0.15, 0.2) is 0 Å². The van der Waals surface area contributed by atoms with Crippen LogP contribution in [-0.4, -0.2) is 66.3 Å². The molecule has 1 aliphatic carbocycles. The number of aliphatic hydroxyl groups excluding tert-OH is 1. The quantitative estimate of drug-likeness (QED) is 0.748. The molecule has 21 heavy (non-hydrogen) atoms. The van der Waals surface area contributed by atoms with Gasteiger partial charge in [-0.2, -0.15) is 0 Å². The number of alkyl halides is 2. The number of likely N-dealkylation sites (tertiary alicyclic amines) is 1. The Balaban J connectivity index is 1.82. The molecule has 0 spiro atoms. The molecular weight excluding hydrogens is 311 g/mol. The zero-order valence-electron chi connectivity index (χ0n) is 12.8. The van der Waals surface area contributed by atoms with Crippen molar-refractivity contribution in [2.24, 2.45) is 17.6 Å². The van der Waals surface area contributed by atoms with Gasteiger partial charge in [-0.15, -0.1) is 23.2 Å². The van der Waals surface area contributed by atoms with Crippen LogP contribution >= 0.6 is 23.2 Å². The Kier molecular flexibility index (Phi) is 7.04. The van der Waals surface area contributed by atoms with Gasteiger partial charge in [0.05, 0.1) is 23.5 Å². The van der Waals surface area contributed by atoms with Gasteiger partial charge in [-0.05, 0) is 44.7 Å². The smallest absolute Gasteiger partial charge is 0.0598 e. The minimum atomic E-state index is -0.413. The standard InChI is InChI=1S/C15H28Cl2N2O2/c1-21-7-6-19-4-2-10(3-5-19)15(18)11-8-12(16)13(17)9-14(11)20/h10-15,20H,2-9,18H2,1H3. The SMILES string of the molecule is COCCN1CCC(C(N)C2CC(Cl)C(Cl)CC2O)CC1. The molecule has 0 radical (unpaired) electrons. The summed E-state index contributed by atoms with van der Waals surface area (Å²) in [5, 5.41) is 10.1. The molecule has 0 aromatic carbocycles. The van der Waals surface area contributed by atoms with Crippen LogP contribution < -0.4 is 5.73 Å². The van der Waals surface area contributed by atoms with Crippen molar-refractivity contribution in [3.05, 3.63) is 0 Å². The molecule has 2 rings (SSSR count). The van der Waals surface area contributed by atoms with E-state index in [1.54, 1.807) is 7.11 Å². The van der Waals surface area contributed by atoms with Gasteiger partial charge < -0.3 is 20.5 Å². The van der Waals surface area contributed by atoms with Crippen molar-refractivity contribution in [3.8, 4) is 0 Å². The molecular formula is C15H28Cl2N2O2. The van der Waals surface area contributed by atoms with Crippen molar-refractivity contribution >= 4 is 23.2 Å². The zero-order chi connectivity index (χ0) is 15.4. The van der Waals surface area contributed by atoms with Gasteiger partial charge in [0.1, 0.15) is 0 Å². The number of nitrogens with zero attached hydrogens (tertiary/aromatic N) is 1. The molecule has 1 aliphatic heterocycles. The number of aliphatic hydroxyl groups is 1. The van der Waals surface area contributed by atoms with Crippen LogP contribution in [0.1, 0.15) is 25.7 Å². The maximum Gasteiger partial charge on any atom is 0.0598 e. The van der Waals surface area contributed by atoms with E-state index in [4.69, 9.17) is 33.7 Å². The van der Waals surface area contributed by atoms with Crippen LogP contribution in [0.25, 0.3) is 0 Å². The molecule has 3 N–H and O–H groups in total. The van der Waals surface area contributed by atoms with E-state index >= 15 is 0 Å². The minimum absolute atomic E-state index is 0.0231. The van der Waals surface area contributed by atoms with E-state index in [-0.39, 0.29) is 22.7 Å². The van der Waals surface area contributed by atoms with Crippen molar-refractivity contribution < 1.29 is 9.84 Å². The third kappa shape index (κ3) is 4.69. The molecule has 0 amide bonds. The molecule has 2 aliphatic rings. The second kappa shape index (κ2) is 8.32. The van der Waals surface area contributed by atoms with E-state index in [1.807, 2.05) is 0 Å². The second-order valence-corrected chi connectivity index (χ2v) is 7.60. The first-order valence-corrected chi connectivity index (χ1v) is 8.83. The van der Waals surface area contributed by atoms with E-state index < -0.39 is 6.10 Å². The number of rotatable bonds is 5. The van der Waals surface area contributed by atoms with Gasteiger partial charge in [-0.1, -0.05) is 0 Å². The predicted octanol–water partition coefficient (Wildman–Crippen LogP) is 1.66. The lowest BCUT2D eigenvalue weighted by Gasteiger charge is -2.42. The fourth-order valence-electron chi connectivity index (χ4n) is 3.66. The normalized spacial score (nSPS) is 37.6. The predicted molar refractivity (Wildman–Crippen MR) is 87.0 cm³/mol. The van der Waals surface area contributed by atoms with Crippen molar-refractivity contribution in [2.75, 3.05) is 33.4 Å². The Morgan fingerprint density at radius 3 is 2.48 bits per heavy atom.